The Morgan fingerprint density at radius 2 is 1.05 bits per heavy atom. The van der Waals surface area contributed by atoms with E-state index in [4.69, 9.17) is 9.68 Å². The van der Waals surface area contributed by atoms with Crippen LogP contribution in [0.4, 0.5) is 0 Å². The molecule has 4 nitrogen and oxygen atoms in total. The lowest BCUT2D eigenvalue weighted by Crippen LogP contribution is -2.42. The van der Waals surface area contributed by atoms with Gasteiger partial charge >= 0.3 is 0 Å². The minimum Gasteiger partial charge on any atom is -0.564 e. The number of nitrogens with zero attached hydrogens (tertiary/aromatic N) is 1. The maximum Gasteiger partial charge on any atom is 0.142 e. The van der Waals surface area contributed by atoms with Crippen molar-refractivity contribution in [3.63, 3.8) is 0 Å². The molecule has 4 heteroatoms. The molecule has 0 atom stereocenters. The average Bonchev–Trinajstić information content (AvgIpc) is 2.41. The van der Waals surface area contributed by atoms with E-state index in [2.05, 4.69) is 6.92 Å². The Hall–Kier alpha value is -0.160. The molecule has 0 aliphatic carbocycles. The highest BCUT2D eigenvalue weighted by molar-refractivity contribution is 4.47. The molecular weight excluding hydrogens is 254 g/mol. The topological polar surface area (TPSA) is 41.5 Å². The molecule has 0 aromatic carbocycles. The zero-order valence-corrected chi connectivity index (χ0v) is 13.9. The summed E-state index contributed by atoms with van der Waals surface area (Å²) in [4.78, 5) is 9.28. The van der Waals surface area contributed by atoms with Crippen molar-refractivity contribution in [1.29, 1.82) is 0 Å². The minimum atomic E-state index is -0.940. The van der Waals surface area contributed by atoms with E-state index in [0.717, 1.165) is 12.8 Å². The summed E-state index contributed by atoms with van der Waals surface area (Å²) >= 11 is 0. The lowest BCUT2D eigenvalue weighted by atomic mass is 10.1. The zero-order chi connectivity index (χ0) is 15.1. The average molecular weight is 289 g/mol. The largest absolute Gasteiger partial charge is 0.564 e. The van der Waals surface area contributed by atoms with Crippen LogP contribution < -0.4 is 0 Å². The van der Waals surface area contributed by atoms with Gasteiger partial charge in [-0.05, 0) is 20.3 Å². The monoisotopic (exact) mass is 289 g/mol. The maximum atomic E-state index is 12.0. The summed E-state index contributed by atoms with van der Waals surface area (Å²) in [7, 11) is 0. The van der Waals surface area contributed by atoms with Gasteiger partial charge in [0.15, 0.2) is 0 Å². The molecule has 0 saturated heterocycles. The quantitative estimate of drug-likeness (QED) is 0.238. The van der Waals surface area contributed by atoms with Crippen LogP contribution in [-0.2, 0) is 9.68 Å². The number of hydrogen-bond acceptors (Lipinski definition) is 3. The molecule has 0 aromatic heterocycles. The van der Waals surface area contributed by atoms with Crippen LogP contribution in [0.2, 0.25) is 0 Å². The molecule has 0 bridgehead atoms. The molecule has 122 valence electrons. The molecule has 20 heavy (non-hydrogen) atoms. The van der Waals surface area contributed by atoms with Gasteiger partial charge in [0.1, 0.15) is 19.8 Å². The highest BCUT2D eigenvalue weighted by atomic mass is 17.2. The summed E-state index contributed by atoms with van der Waals surface area (Å²) < 4.78 is 0. The van der Waals surface area contributed by atoms with Crippen molar-refractivity contribution >= 4 is 0 Å². The molecule has 0 rings (SSSR count). The molecule has 0 heterocycles. The first-order chi connectivity index (χ1) is 9.68. The lowest BCUT2D eigenvalue weighted by Gasteiger charge is -2.34. The van der Waals surface area contributed by atoms with Crippen molar-refractivity contribution < 1.29 is 14.6 Å². The van der Waals surface area contributed by atoms with Crippen LogP contribution in [0.25, 0.3) is 0 Å². The molecule has 0 saturated carbocycles. The van der Waals surface area contributed by atoms with Gasteiger partial charge in [-0.25, -0.2) is 0 Å². The van der Waals surface area contributed by atoms with Crippen molar-refractivity contribution in [3.8, 4) is 0 Å². The molecule has 0 amide bonds. The Bertz CT molecular complexity index is 194. The molecular formula is C16H35NO3. The van der Waals surface area contributed by atoms with Gasteiger partial charge in [0, 0.05) is 6.42 Å². The smallest absolute Gasteiger partial charge is 0.142 e. The van der Waals surface area contributed by atoms with E-state index >= 15 is 0 Å². The fraction of sp³-hybridized carbons (Fsp3) is 1.00. The second-order valence-corrected chi connectivity index (χ2v) is 5.35. The highest BCUT2D eigenvalue weighted by Crippen LogP contribution is 2.14. The predicted octanol–water partition coefficient (Wildman–Crippen LogP) is 5.12. The van der Waals surface area contributed by atoms with Gasteiger partial charge in [0.25, 0.3) is 0 Å². The van der Waals surface area contributed by atoms with Gasteiger partial charge in [-0.1, -0.05) is 63.3 Å². The third-order valence-corrected chi connectivity index (χ3v) is 3.44. The van der Waals surface area contributed by atoms with Crippen molar-refractivity contribution in [1.82, 2.24) is 0 Å². The lowest BCUT2D eigenvalue weighted by molar-refractivity contribution is -1.21. The van der Waals surface area contributed by atoms with Crippen molar-refractivity contribution in [2.45, 2.75) is 85.0 Å². The van der Waals surface area contributed by atoms with Gasteiger partial charge in [-0.3, -0.25) is 0 Å². The molecule has 0 radical (unpaired) electrons. The first-order valence-electron chi connectivity index (χ1n) is 8.56. The Morgan fingerprint density at radius 3 is 1.45 bits per heavy atom. The summed E-state index contributed by atoms with van der Waals surface area (Å²) in [6.07, 6.45) is 12.6. The van der Waals surface area contributed by atoms with E-state index in [1.807, 2.05) is 13.8 Å². The standard InChI is InChI=1S/C16H35NO3/c1-4-7-8-9-10-11-12-13-14-15-16-17(18,19-5-2)20-6-3/h4-16H2,1-3H3. The molecule has 0 aromatic rings. The third kappa shape index (κ3) is 11.6. The number of hydroxylamine groups is 3. The SMILES string of the molecule is CCCCCCCCCCCC[N+]([O-])(OCC)OCC. The number of quaternary nitrogens is 1. The van der Waals surface area contributed by atoms with E-state index in [1.54, 1.807) is 0 Å². The minimum absolute atomic E-state index is 0.390. The summed E-state index contributed by atoms with van der Waals surface area (Å²) in [6.45, 7) is 7.07. The second kappa shape index (κ2) is 13.8. The van der Waals surface area contributed by atoms with E-state index in [1.165, 1.54) is 51.4 Å². The fourth-order valence-electron chi connectivity index (χ4n) is 2.35. The highest BCUT2D eigenvalue weighted by Gasteiger charge is 2.18. The Morgan fingerprint density at radius 1 is 0.650 bits per heavy atom. The maximum absolute atomic E-state index is 12.0. The van der Waals surface area contributed by atoms with E-state index in [0.29, 0.717) is 19.8 Å². The van der Waals surface area contributed by atoms with Crippen molar-refractivity contribution in [3.05, 3.63) is 5.21 Å². The predicted molar refractivity (Wildman–Crippen MR) is 83.6 cm³/mol. The van der Waals surface area contributed by atoms with Gasteiger partial charge in [0.2, 0.25) is 0 Å². The van der Waals surface area contributed by atoms with Crippen LogP contribution in [0.3, 0.4) is 0 Å². The number of hydrogen-bond donors (Lipinski definition) is 0. The molecule has 0 fully saturated rings. The summed E-state index contributed by atoms with van der Waals surface area (Å²) in [5, 5.41) is 12.0. The van der Waals surface area contributed by atoms with Crippen molar-refractivity contribution in [2.24, 2.45) is 0 Å². The van der Waals surface area contributed by atoms with Crippen molar-refractivity contribution in [2.75, 3.05) is 19.8 Å². The molecule has 0 N–H and O–H groups in total. The van der Waals surface area contributed by atoms with Crippen LogP contribution in [0.5, 0.6) is 0 Å². The summed E-state index contributed by atoms with van der Waals surface area (Å²) in [5.74, 6) is 0. The fourth-order valence-corrected chi connectivity index (χ4v) is 2.35. The van der Waals surface area contributed by atoms with Gasteiger partial charge in [0.05, 0.1) is 0 Å². The Balaban J connectivity index is 3.41. The van der Waals surface area contributed by atoms with Crippen LogP contribution in [-0.4, -0.2) is 24.7 Å². The Kier molecular flexibility index (Phi) is 13.7. The van der Waals surface area contributed by atoms with Crippen LogP contribution in [0.15, 0.2) is 0 Å². The normalized spacial score (nSPS) is 12.0. The first kappa shape index (κ1) is 19.8. The van der Waals surface area contributed by atoms with Crippen LogP contribution in [0.1, 0.15) is 85.0 Å². The first-order valence-corrected chi connectivity index (χ1v) is 8.56. The summed E-state index contributed by atoms with van der Waals surface area (Å²) in [6, 6.07) is 0. The molecule has 0 aliphatic heterocycles. The van der Waals surface area contributed by atoms with E-state index in [-0.39, 0.29) is 0 Å². The van der Waals surface area contributed by atoms with Crippen LogP contribution >= 0.6 is 0 Å². The third-order valence-electron chi connectivity index (χ3n) is 3.44. The summed E-state index contributed by atoms with van der Waals surface area (Å²) in [5.41, 5.74) is 0. The van der Waals surface area contributed by atoms with E-state index in [9.17, 15) is 5.21 Å². The van der Waals surface area contributed by atoms with Gasteiger partial charge in [-0.2, -0.15) is 9.68 Å². The second-order valence-electron chi connectivity index (χ2n) is 5.35. The Labute approximate surface area is 125 Å². The molecule has 0 aliphatic rings. The zero-order valence-electron chi connectivity index (χ0n) is 13.9. The number of unbranched alkanes of at least 4 members (excludes halogenated alkanes) is 9. The number of rotatable bonds is 15. The van der Waals surface area contributed by atoms with Crippen LogP contribution in [0, 0.1) is 5.21 Å². The molecule has 0 spiro atoms. The van der Waals surface area contributed by atoms with Gasteiger partial charge < -0.3 is 5.21 Å². The molecule has 0 unspecified atom stereocenters. The van der Waals surface area contributed by atoms with E-state index < -0.39 is 4.97 Å². The van der Waals surface area contributed by atoms with Gasteiger partial charge in [-0.15, -0.1) is 0 Å².